The number of esters is 2. The monoisotopic (exact) mass is 420 g/mol. The van der Waals surface area contributed by atoms with Gasteiger partial charge in [0.2, 0.25) is 0 Å². The Kier molecular flexibility index (Phi) is 7.26. The molecule has 2 rings (SSSR count). The molecule has 0 amide bonds. The maximum Gasteiger partial charge on any atom is 0.345 e. The van der Waals surface area contributed by atoms with E-state index in [-0.39, 0.29) is 24.3 Å². The van der Waals surface area contributed by atoms with Crippen LogP contribution in [0.1, 0.15) is 34.6 Å². The standard InChI is InChI=1S/C18H16N2O8S/c1-3-27-17(21)13-9-11(5-7-15(13)19(23)24)29-12-6-8-16(20(25)26)14(10-12)18(22)28-4-2/h5-10H,3-4H2,1-2H3. The summed E-state index contributed by atoms with van der Waals surface area (Å²) < 4.78 is 9.71. The lowest BCUT2D eigenvalue weighted by atomic mass is 10.2. The highest BCUT2D eigenvalue weighted by Gasteiger charge is 2.24. The molecule has 0 atom stereocenters. The molecular weight excluding hydrogens is 404 g/mol. The van der Waals surface area contributed by atoms with Gasteiger partial charge < -0.3 is 9.47 Å². The van der Waals surface area contributed by atoms with Crippen molar-refractivity contribution in [1.29, 1.82) is 0 Å². The van der Waals surface area contributed by atoms with Crippen LogP contribution in [0.3, 0.4) is 0 Å². The molecule has 0 saturated heterocycles. The maximum absolute atomic E-state index is 12.0. The minimum absolute atomic E-state index is 0.0542. The van der Waals surface area contributed by atoms with Crippen LogP contribution in [-0.2, 0) is 9.47 Å². The van der Waals surface area contributed by atoms with Crippen LogP contribution in [0.5, 0.6) is 0 Å². The summed E-state index contributed by atoms with van der Waals surface area (Å²) in [7, 11) is 0. The zero-order chi connectivity index (χ0) is 21.6. The number of carbonyl (C=O) groups excluding carboxylic acids is 2. The average molecular weight is 420 g/mol. The fraction of sp³-hybridized carbons (Fsp3) is 0.222. The lowest BCUT2D eigenvalue weighted by molar-refractivity contribution is -0.385. The Labute approximate surface area is 169 Å². The van der Waals surface area contributed by atoms with Crippen molar-refractivity contribution in [3.05, 3.63) is 67.8 Å². The third kappa shape index (κ3) is 5.29. The van der Waals surface area contributed by atoms with Gasteiger partial charge in [-0.25, -0.2) is 9.59 Å². The second-order valence-electron chi connectivity index (χ2n) is 5.42. The minimum atomic E-state index is -0.836. The van der Waals surface area contributed by atoms with E-state index in [9.17, 15) is 29.8 Å². The van der Waals surface area contributed by atoms with E-state index in [1.165, 1.54) is 36.4 Å². The maximum atomic E-state index is 12.0. The first-order chi connectivity index (χ1) is 13.8. The molecule has 11 heteroatoms. The van der Waals surface area contributed by atoms with Crippen LogP contribution in [0, 0.1) is 20.2 Å². The largest absolute Gasteiger partial charge is 0.462 e. The summed E-state index contributed by atoms with van der Waals surface area (Å²) in [4.78, 5) is 45.9. The third-order valence-corrected chi connectivity index (χ3v) is 4.54. The molecule has 0 aliphatic rings. The van der Waals surface area contributed by atoms with E-state index in [0.29, 0.717) is 9.79 Å². The summed E-state index contributed by atoms with van der Waals surface area (Å²) in [5, 5.41) is 22.3. The molecule has 0 saturated carbocycles. The highest BCUT2D eigenvalue weighted by molar-refractivity contribution is 7.99. The van der Waals surface area contributed by atoms with Crippen molar-refractivity contribution in [2.45, 2.75) is 23.6 Å². The first kappa shape index (κ1) is 21.8. The van der Waals surface area contributed by atoms with E-state index in [4.69, 9.17) is 9.47 Å². The van der Waals surface area contributed by atoms with E-state index >= 15 is 0 Å². The lowest BCUT2D eigenvalue weighted by Crippen LogP contribution is -2.08. The molecule has 0 fully saturated rings. The summed E-state index contributed by atoms with van der Waals surface area (Å²) in [5.41, 5.74) is -1.23. The van der Waals surface area contributed by atoms with Gasteiger partial charge >= 0.3 is 11.9 Å². The summed E-state index contributed by atoms with van der Waals surface area (Å²) in [5.74, 6) is -1.67. The molecule has 0 heterocycles. The summed E-state index contributed by atoms with van der Waals surface area (Å²) in [6.45, 7) is 3.27. The van der Waals surface area contributed by atoms with Crippen molar-refractivity contribution in [1.82, 2.24) is 0 Å². The van der Waals surface area contributed by atoms with Crippen molar-refractivity contribution >= 4 is 35.1 Å². The molecule has 0 spiro atoms. The lowest BCUT2D eigenvalue weighted by Gasteiger charge is -2.08. The molecule has 0 bridgehead atoms. The van der Waals surface area contributed by atoms with Crippen molar-refractivity contribution < 1.29 is 28.9 Å². The van der Waals surface area contributed by atoms with Gasteiger partial charge in [-0.2, -0.15) is 0 Å². The Morgan fingerprint density at radius 1 is 0.828 bits per heavy atom. The van der Waals surface area contributed by atoms with E-state index in [1.807, 2.05) is 0 Å². The van der Waals surface area contributed by atoms with Crippen LogP contribution >= 0.6 is 11.8 Å². The molecule has 2 aromatic rings. The van der Waals surface area contributed by atoms with Crippen LogP contribution < -0.4 is 0 Å². The van der Waals surface area contributed by atoms with Gasteiger partial charge in [-0.15, -0.1) is 0 Å². The SMILES string of the molecule is CCOC(=O)c1cc(Sc2ccc([N+](=O)[O-])c(C(=O)OCC)c2)ccc1[N+](=O)[O-]. The topological polar surface area (TPSA) is 139 Å². The molecule has 0 unspecified atom stereocenters. The van der Waals surface area contributed by atoms with Gasteiger partial charge in [0.1, 0.15) is 11.1 Å². The Morgan fingerprint density at radius 3 is 1.52 bits per heavy atom. The predicted molar refractivity (Wildman–Crippen MR) is 102 cm³/mol. The summed E-state index contributed by atoms with van der Waals surface area (Å²) >= 11 is 1.07. The third-order valence-electron chi connectivity index (χ3n) is 3.56. The smallest absolute Gasteiger partial charge is 0.345 e. The highest BCUT2D eigenvalue weighted by Crippen LogP contribution is 2.34. The van der Waals surface area contributed by atoms with Crippen LogP contribution in [0.4, 0.5) is 11.4 Å². The minimum Gasteiger partial charge on any atom is -0.462 e. The molecule has 0 aliphatic carbocycles. The Bertz CT molecular complexity index is 899. The molecule has 29 heavy (non-hydrogen) atoms. The van der Waals surface area contributed by atoms with Gasteiger partial charge in [-0.05, 0) is 38.1 Å². The molecule has 0 radical (unpaired) electrons. The quantitative estimate of drug-likeness (QED) is 0.352. The number of carbonyl (C=O) groups is 2. The van der Waals surface area contributed by atoms with Crippen LogP contribution in [0.2, 0.25) is 0 Å². The molecule has 10 nitrogen and oxygen atoms in total. The molecule has 0 aliphatic heterocycles. The second-order valence-corrected chi connectivity index (χ2v) is 6.56. The Hall–Kier alpha value is -3.47. The molecule has 152 valence electrons. The van der Waals surface area contributed by atoms with Gasteiger partial charge in [0.15, 0.2) is 0 Å². The molecule has 2 aromatic carbocycles. The fourth-order valence-electron chi connectivity index (χ4n) is 2.36. The number of hydrogen-bond donors (Lipinski definition) is 0. The zero-order valence-electron chi connectivity index (χ0n) is 15.4. The molecular formula is C18H16N2O8S. The van der Waals surface area contributed by atoms with Crippen molar-refractivity contribution in [2.75, 3.05) is 13.2 Å². The van der Waals surface area contributed by atoms with Gasteiger partial charge in [-0.3, -0.25) is 20.2 Å². The number of nitro groups is 2. The van der Waals surface area contributed by atoms with Crippen molar-refractivity contribution in [3.8, 4) is 0 Å². The van der Waals surface area contributed by atoms with Crippen molar-refractivity contribution in [2.24, 2.45) is 0 Å². The number of hydrogen-bond acceptors (Lipinski definition) is 9. The van der Waals surface area contributed by atoms with Crippen LogP contribution in [-0.4, -0.2) is 35.0 Å². The van der Waals surface area contributed by atoms with E-state index in [0.717, 1.165) is 11.8 Å². The fourth-order valence-corrected chi connectivity index (χ4v) is 3.25. The van der Waals surface area contributed by atoms with Gasteiger partial charge in [0.05, 0.1) is 23.1 Å². The highest BCUT2D eigenvalue weighted by atomic mass is 32.2. The number of nitro benzene ring substituents is 2. The van der Waals surface area contributed by atoms with Gasteiger partial charge in [0, 0.05) is 21.9 Å². The van der Waals surface area contributed by atoms with Crippen LogP contribution in [0.15, 0.2) is 46.2 Å². The second kappa shape index (κ2) is 9.64. The number of ether oxygens (including phenoxy) is 2. The number of benzene rings is 2. The first-order valence-electron chi connectivity index (χ1n) is 8.37. The molecule has 0 aromatic heterocycles. The normalized spacial score (nSPS) is 10.3. The van der Waals surface area contributed by atoms with Crippen molar-refractivity contribution in [3.63, 3.8) is 0 Å². The van der Waals surface area contributed by atoms with Gasteiger partial charge in [-0.1, -0.05) is 11.8 Å². The summed E-state index contributed by atoms with van der Waals surface area (Å²) in [6, 6.07) is 7.80. The number of nitrogens with zero attached hydrogens (tertiary/aromatic N) is 2. The predicted octanol–water partition coefficient (Wildman–Crippen LogP) is 4.01. The molecule has 0 N–H and O–H groups in total. The van der Waals surface area contributed by atoms with E-state index < -0.39 is 33.2 Å². The summed E-state index contributed by atoms with van der Waals surface area (Å²) in [6.07, 6.45) is 0. The zero-order valence-corrected chi connectivity index (χ0v) is 16.3. The Balaban J connectivity index is 2.43. The average Bonchev–Trinajstić information content (AvgIpc) is 2.67. The number of rotatable bonds is 8. The van der Waals surface area contributed by atoms with E-state index in [1.54, 1.807) is 13.8 Å². The van der Waals surface area contributed by atoms with Crippen LogP contribution in [0.25, 0.3) is 0 Å². The Morgan fingerprint density at radius 2 is 1.21 bits per heavy atom. The van der Waals surface area contributed by atoms with Gasteiger partial charge in [0.25, 0.3) is 11.4 Å². The van der Waals surface area contributed by atoms with E-state index in [2.05, 4.69) is 0 Å². The first-order valence-corrected chi connectivity index (χ1v) is 9.19.